The predicted octanol–water partition coefficient (Wildman–Crippen LogP) is 2.97. The van der Waals surface area contributed by atoms with Gasteiger partial charge in [-0.3, -0.25) is 9.59 Å². The van der Waals surface area contributed by atoms with E-state index >= 15 is 0 Å². The first-order valence-corrected chi connectivity index (χ1v) is 7.97. The van der Waals surface area contributed by atoms with Crippen LogP contribution in [0.3, 0.4) is 0 Å². The smallest absolute Gasteiger partial charge is 0.344 e. The lowest BCUT2D eigenvalue weighted by Gasteiger charge is -2.28. The van der Waals surface area contributed by atoms with Crippen molar-refractivity contribution in [2.45, 2.75) is 33.6 Å². The van der Waals surface area contributed by atoms with Gasteiger partial charge in [-0.15, -0.1) is 0 Å². The molecule has 24 heavy (non-hydrogen) atoms. The fraction of sp³-hybridized carbons (Fsp3) is 0.421. The molecule has 2 rings (SSSR count). The summed E-state index contributed by atoms with van der Waals surface area (Å²) in [7, 11) is 0. The van der Waals surface area contributed by atoms with Gasteiger partial charge in [0.1, 0.15) is 5.75 Å². The molecule has 0 unspecified atom stereocenters. The summed E-state index contributed by atoms with van der Waals surface area (Å²) in [5.41, 5.74) is 0.737. The average Bonchev–Trinajstić information content (AvgIpc) is 2.49. The first kappa shape index (κ1) is 17.9. The first-order valence-electron chi connectivity index (χ1n) is 7.97. The minimum atomic E-state index is -0.426. The average molecular weight is 330 g/mol. The number of hydrogen-bond donors (Lipinski definition) is 0. The summed E-state index contributed by atoms with van der Waals surface area (Å²) in [6.07, 6.45) is 2.38. The Balaban J connectivity index is 2.04. The van der Waals surface area contributed by atoms with Crippen molar-refractivity contribution in [3.05, 3.63) is 35.4 Å². The summed E-state index contributed by atoms with van der Waals surface area (Å²) in [6, 6.07) is 6.86. The second-order valence-electron chi connectivity index (χ2n) is 6.58. The van der Waals surface area contributed by atoms with E-state index in [4.69, 9.17) is 9.47 Å². The van der Waals surface area contributed by atoms with Crippen LogP contribution in [0.4, 0.5) is 0 Å². The van der Waals surface area contributed by atoms with E-state index in [0.29, 0.717) is 25.2 Å². The normalized spacial score (nSPS) is 16.7. The van der Waals surface area contributed by atoms with Crippen molar-refractivity contribution in [1.29, 1.82) is 0 Å². The van der Waals surface area contributed by atoms with Crippen molar-refractivity contribution < 1.29 is 23.9 Å². The van der Waals surface area contributed by atoms with Crippen molar-refractivity contribution in [2.75, 3.05) is 13.2 Å². The van der Waals surface area contributed by atoms with Crippen LogP contribution in [0, 0.1) is 5.41 Å². The summed E-state index contributed by atoms with van der Waals surface area (Å²) in [5, 5.41) is 0. The van der Waals surface area contributed by atoms with Crippen molar-refractivity contribution >= 4 is 23.6 Å². The number of ketones is 2. The Bertz CT molecular complexity index is 646. The molecule has 1 fully saturated rings. The van der Waals surface area contributed by atoms with Gasteiger partial charge in [-0.1, -0.05) is 26.0 Å². The molecule has 1 saturated carbocycles. The van der Waals surface area contributed by atoms with Crippen LogP contribution in [0.5, 0.6) is 5.75 Å². The van der Waals surface area contributed by atoms with Crippen LogP contribution < -0.4 is 4.74 Å². The Labute approximate surface area is 141 Å². The molecule has 1 aliphatic carbocycles. The van der Waals surface area contributed by atoms with Gasteiger partial charge in [0.25, 0.3) is 0 Å². The minimum Gasteiger partial charge on any atom is -0.482 e. The highest BCUT2D eigenvalue weighted by Crippen LogP contribution is 2.34. The van der Waals surface area contributed by atoms with Crippen LogP contribution in [0.2, 0.25) is 0 Å². The second-order valence-corrected chi connectivity index (χ2v) is 6.58. The number of esters is 1. The lowest BCUT2D eigenvalue weighted by atomic mass is 9.74. The molecule has 1 aromatic rings. The number of carbonyl (C=O) groups is 3. The quantitative estimate of drug-likeness (QED) is 0.471. The van der Waals surface area contributed by atoms with Gasteiger partial charge >= 0.3 is 5.97 Å². The van der Waals surface area contributed by atoms with Crippen molar-refractivity contribution in [2.24, 2.45) is 5.41 Å². The number of rotatable bonds is 5. The van der Waals surface area contributed by atoms with E-state index in [1.807, 2.05) is 13.8 Å². The zero-order chi connectivity index (χ0) is 17.7. The standard InChI is InChI=1S/C19H22O5/c1-4-23-18(22)12-24-14-7-5-13(6-8-14)9-15-16(20)10-19(2,3)11-17(15)21/h5-9H,4,10-12H2,1-3H3. The molecule has 0 aromatic heterocycles. The third kappa shape index (κ3) is 4.78. The van der Waals surface area contributed by atoms with Gasteiger partial charge < -0.3 is 9.47 Å². The molecule has 0 atom stereocenters. The Morgan fingerprint density at radius 3 is 2.25 bits per heavy atom. The number of Topliss-reactive ketones (excluding diaryl/α,β-unsaturated/α-hetero) is 2. The fourth-order valence-electron chi connectivity index (χ4n) is 2.61. The number of ether oxygens (including phenoxy) is 2. The number of benzene rings is 1. The summed E-state index contributed by atoms with van der Waals surface area (Å²) >= 11 is 0. The highest BCUT2D eigenvalue weighted by molar-refractivity contribution is 6.25. The van der Waals surface area contributed by atoms with E-state index in [0.717, 1.165) is 5.56 Å². The summed E-state index contributed by atoms with van der Waals surface area (Å²) < 4.78 is 10.1. The molecule has 0 aliphatic heterocycles. The van der Waals surface area contributed by atoms with Gasteiger partial charge in [0.05, 0.1) is 12.2 Å². The molecule has 1 aromatic carbocycles. The molecule has 0 bridgehead atoms. The molecule has 1 aliphatic rings. The molecule has 0 saturated heterocycles. The molecule has 5 heteroatoms. The third-order valence-electron chi connectivity index (χ3n) is 3.73. The van der Waals surface area contributed by atoms with E-state index in [9.17, 15) is 14.4 Å². The zero-order valence-electron chi connectivity index (χ0n) is 14.3. The summed E-state index contributed by atoms with van der Waals surface area (Å²) in [4.78, 5) is 35.6. The van der Waals surface area contributed by atoms with Crippen LogP contribution in [0.25, 0.3) is 6.08 Å². The Hall–Kier alpha value is -2.43. The van der Waals surface area contributed by atoms with Crippen LogP contribution in [-0.2, 0) is 19.1 Å². The molecule has 0 spiro atoms. The number of carbonyl (C=O) groups excluding carboxylic acids is 3. The number of allylic oxidation sites excluding steroid dienone is 1. The van der Waals surface area contributed by atoms with Gasteiger partial charge in [0, 0.05) is 12.8 Å². The fourth-order valence-corrected chi connectivity index (χ4v) is 2.61. The predicted molar refractivity (Wildman–Crippen MR) is 89.6 cm³/mol. The van der Waals surface area contributed by atoms with Crippen LogP contribution in [0.15, 0.2) is 29.8 Å². The van der Waals surface area contributed by atoms with E-state index in [1.165, 1.54) is 0 Å². The summed E-state index contributed by atoms with van der Waals surface area (Å²) in [5.74, 6) is -0.130. The largest absolute Gasteiger partial charge is 0.482 e. The Kier molecular flexibility index (Phi) is 5.54. The number of hydrogen-bond acceptors (Lipinski definition) is 5. The second kappa shape index (κ2) is 7.43. The Morgan fingerprint density at radius 2 is 1.71 bits per heavy atom. The highest BCUT2D eigenvalue weighted by atomic mass is 16.6. The van der Waals surface area contributed by atoms with E-state index < -0.39 is 5.97 Å². The van der Waals surface area contributed by atoms with Gasteiger partial charge in [-0.2, -0.15) is 0 Å². The molecule has 0 amide bonds. The topological polar surface area (TPSA) is 69.7 Å². The Morgan fingerprint density at radius 1 is 1.12 bits per heavy atom. The molecule has 5 nitrogen and oxygen atoms in total. The lowest BCUT2D eigenvalue weighted by molar-refractivity contribution is -0.145. The van der Waals surface area contributed by atoms with E-state index in [2.05, 4.69) is 0 Å². The highest BCUT2D eigenvalue weighted by Gasteiger charge is 2.35. The monoisotopic (exact) mass is 330 g/mol. The minimum absolute atomic E-state index is 0.112. The maximum Gasteiger partial charge on any atom is 0.344 e. The molecular weight excluding hydrogens is 308 g/mol. The molecule has 0 radical (unpaired) electrons. The van der Waals surface area contributed by atoms with Gasteiger partial charge in [0.15, 0.2) is 18.2 Å². The van der Waals surface area contributed by atoms with E-state index in [-0.39, 0.29) is 29.2 Å². The maximum atomic E-state index is 12.2. The van der Waals surface area contributed by atoms with Gasteiger partial charge in [-0.05, 0) is 36.1 Å². The van der Waals surface area contributed by atoms with Gasteiger partial charge in [0.2, 0.25) is 0 Å². The van der Waals surface area contributed by atoms with Crippen LogP contribution >= 0.6 is 0 Å². The first-order chi connectivity index (χ1) is 11.3. The van der Waals surface area contributed by atoms with Crippen molar-refractivity contribution in [1.82, 2.24) is 0 Å². The lowest BCUT2D eigenvalue weighted by Crippen LogP contribution is -2.31. The molecule has 0 N–H and O–H groups in total. The molecule has 0 heterocycles. The van der Waals surface area contributed by atoms with Gasteiger partial charge in [-0.25, -0.2) is 4.79 Å². The SMILES string of the molecule is CCOC(=O)COc1ccc(C=C2C(=O)CC(C)(C)CC2=O)cc1. The molecular formula is C19H22O5. The van der Waals surface area contributed by atoms with Crippen LogP contribution in [-0.4, -0.2) is 30.7 Å². The third-order valence-corrected chi connectivity index (χ3v) is 3.73. The maximum absolute atomic E-state index is 12.2. The zero-order valence-corrected chi connectivity index (χ0v) is 14.3. The van der Waals surface area contributed by atoms with Crippen molar-refractivity contribution in [3.63, 3.8) is 0 Å². The van der Waals surface area contributed by atoms with Crippen LogP contribution in [0.1, 0.15) is 39.2 Å². The summed E-state index contributed by atoms with van der Waals surface area (Å²) in [6.45, 7) is 5.74. The van der Waals surface area contributed by atoms with E-state index in [1.54, 1.807) is 37.3 Å². The molecule has 128 valence electrons. The van der Waals surface area contributed by atoms with Crippen molar-refractivity contribution in [3.8, 4) is 5.75 Å².